The molecular weight excluding hydrogens is 578 g/mol. The number of rotatable bonds is 10. The number of amides is 3. The number of alkyl halides is 6. The monoisotopic (exact) mass is 604 g/mol. The second kappa shape index (κ2) is 12.9. The zero-order valence-corrected chi connectivity index (χ0v) is 22.5. The molecule has 2 aromatic carbocycles. The Hall–Kier alpha value is -3.61. The van der Waals surface area contributed by atoms with Gasteiger partial charge in [0.1, 0.15) is 0 Å². The predicted molar refractivity (Wildman–Crippen MR) is 140 cm³/mol. The van der Waals surface area contributed by atoms with Gasteiger partial charge in [0.25, 0.3) is 5.91 Å². The summed E-state index contributed by atoms with van der Waals surface area (Å²) in [5, 5.41) is 5.26. The molecule has 222 valence electrons. The number of aliphatic imine (C=N–C) groups is 1. The highest BCUT2D eigenvalue weighted by Crippen LogP contribution is 2.33. The highest BCUT2D eigenvalue weighted by molar-refractivity contribution is 6.31. The van der Waals surface area contributed by atoms with Crippen molar-refractivity contribution in [3.05, 3.63) is 64.2 Å². The SMILES string of the molecule is CCc1cccc2c1NC(=O)[C@@H](NC(=O)[C@@H](CCC(F)(F)F)[C@@H](CCC(F)(F)F)C(N)=O)N=C2c1cccc(Cl)c1. The minimum absolute atomic E-state index is 0.219. The van der Waals surface area contributed by atoms with Crippen LogP contribution in [0.3, 0.4) is 0 Å². The molecule has 14 heteroatoms. The Morgan fingerprint density at radius 1 is 1.02 bits per heavy atom. The van der Waals surface area contributed by atoms with Gasteiger partial charge in [0, 0.05) is 40.8 Å². The maximum absolute atomic E-state index is 13.3. The third-order valence-corrected chi connectivity index (χ3v) is 6.82. The fourth-order valence-corrected chi connectivity index (χ4v) is 4.78. The first-order valence-electron chi connectivity index (χ1n) is 12.6. The molecule has 1 aliphatic rings. The Bertz CT molecular complexity index is 1330. The van der Waals surface area contributed by atoms with Crippen LogP contribution >= 0.6 is 11.6 Å². The molecule has 0 fully saturated rings. The number of nitrogens with two attached hydrogens (primary N) is 1. The number of benzene rings is 2. The van der Waals surface area contributed by atoms with Crippen LogP contribution in [0.1, 0.15) is 49.3 Å². The molecule has 3 amide bonds. The molecule has 4 N–H and O–H groups in total. The van der Waals surface area contributed by atoms with Crippen molar-refractivity contribution in [2.75, 3.05) is 5.32 Å². The molecule has 0 unspecified atom stereocenters. The highest BCUT2D eigenvalue weighted by atomic mass is 35.5. The van der Waals surface area contributed by atoms with Gasteiger partial charge in [-0.05, 0) is 37.0 Å². The molecule has 0 radical (unpaired) electrons. The normalized spacial score (nSPS) is 17.0. The van der Waals surface area contributed by atoms with Gasteiger partial charge in [-0.25, -0.2) is 4.99 Å². The van der Waals surface area contributed by atoms with E-state index in [4.69, 9.17) is 17.3 Å². The van der Waals surface area contributed by atoms with Crippen molar-refractivity contribution in [2.24, 2.45) is 22.6 Å². The first-order chi connectivity index (χ1) is 19.1. The zero-order valence-electron chi connectivity index (χ0n) is 21.7. The molecule has 0 spiro atoms. The van der Waals surface area contributed by atoms with Crippen LogP contribution in [-0.2, 0) is 20.8 Å². The van der Waals surface area contributed by atoms with Gasteiger partial charge in [-0.3, -0.25) is 14.4 Å². The van der Waals surface area contributed by atoms with E-state index in [1.807, 2.05) is 6.92 Å². The van der Waals surface area contributed by atoms with Crippen LogP contribution in [0.25, 0.3) is 0 Å². The number of hydrogen-bond acceptors (Lipinski definition) is 4. The van der Waals surface area contributed by atoms with Crippen LogP contribution in [-0.4, -0.2) is 42.0 Å². The Kier molecular flexibility index (Phi) is 10.1. The van der Waals surface area contributed by atoms with E-state index in [1.165, 1.54) is 0 Å². The van der Waals surface area contributed by atoms with Crippen LogP contribution in [0.4, 0.5) is 32.0 Å². The van der Waals surface area contributed by atoms with E-state index in [1.54, 1.807) is 42.5 Å². The van der Waals surface area contributed by atoms with Gasteiger partial charge in [-0.1, -0.05) is 48.9 Å². The number of carbonyl (C=O) groups excluding carboxylic acids is 3. The van der Waals surface area contributed by atoms with Gasteiger partial charge in [0.2, 0.25) is 18.0 Å². The quantitative estimate of drug-likeness (QED) is 0.310. The minimum atomic E-state index is -4.78. The summed E-state index contributed by atoms with van der Waals surface area (Å²) in [7, 11) is 0. The maximum Gasteiger partial charge on any atom is 0.389 e. The van der Waals surface area contributed by atoms with E-state index in [9.17, 15) is 40.7 Å². The standard InChI is InChI=1S/C27H27ClF6N4O3/c1-2-14-5-4-8-19-20(14)37-25(41)23(36-21(19)15-6-3-7-16(28)13-15)38-24(40)18(10-12-27(32,33)34)17(22(35)39)9-11-26(29,30)31/h3-8,13,17-18,23H,2,9-12H2,1H3,(H2,35,39)(H,37,41)(H,38,40)/t17-,18+,23-/m1/s1. The minimum Gasteiger partial charge on any atom is -0.369 e. The molecule has 0 bridgehead atoms. The fourth-order valence-electron chi connectivity index (χ4n) is 4.59. The highest BCUT2D eigenvalue weighted by Gasteiger charge is 2.40. The lowest BCUT2D eigenvalue weighted by Gasteiger charge is -2.26. The van der Waals surface area contributed by atoms with Crippen molar-refractivity contribution in [3.8, 4) is 0 Å². The number of nitrogens with zero attached hydrogens (tertiary/aromatic N) is 1. The van der Waals surface area contributed by atoms with Crippen LogP contribution in [0.15, 0.2) is 47.5 Å². The molecule has 7 nitrogen and oxygen atoms in total. The van der Waals surface area contributed by atoms with Crippen molar-refractivity contribution < 1.29 is 40.7 Å². The summed E-state index contributed by atoms with van der Waals surface area (Å²) >= 11 is 6.16. The number of nitrogens with one attached hydrogen (secondary N) is 2. The van der Waals surface area contributed by atoms with E-state index in [0.29, 0.717) is 28.3 Å². The van der Waals surface area contributed by atoms with Gasteiger partial charge < -0.3 is 16.4 Å². The van der Waals surface area contributed by atoms with E-state index in [-0.39, 0.29) is 5.71 Å². The van der Waals surface area contributed by atoms with Gasteiger partial charge >= 0.3 is 12.4 Å². The molecule has 41 heavy (non-hydrogen) atoms. The largest absolute Gasteiger partial charge is 0.389 e. The number of aryl methyl sites for hydroxylation is 1. The summed E-state index contributed by atoms with van der Waals surface area (Å²) < 4.78 is 77.9. The maximum atomic E-state index is 13.3. The first-order valence-corrected chi connectivity index (χ1v) is 13.0. The lowest BCUT2D eigenvalue weighted by atomic mass is 9.83. The van der Waals surface area contributed by atoms with Crippen molar-refractivity contribution in [1.29, 1.82) is 0 Å². The Morgan fingerprint density at radius 2 is 1.63 bits per heavy atom. The number of para-hydroxylation sites is 1. The van der Waals surface area contributed by atoms with Crippen LogP contribution < -0.4 is 16.4 Å². The van der Waals surface area contributed by atoms with Gasteiger partial charge in [0.05, 0.1) is 11.4 Å². The molecule has 3 atom stereocenters. The van der Waals surface area contributed by atoms with E-state index in [0.717, 1.165) is 5.56 Å². The van der Waals surface area contributed by atoms with E-state index in [2.05, 4.69) is 15.6 Å². The smallest absolute Gasteiger partial charge is 0.369 e. The van der Waals surface area contributed by atoms with E-state index < -0.39 is 73.8 Å². The molecule has 1 aliphatic heterocycles. The third kappa shape index (κ3) is 8.69. The number of benzodiazepines with no additional fused rings is 1. The summed E-state index contributed by atoms with van der Waals surface area (Å²) in [5.74, 6) is -7.28. The van der Waals surface area contributed by atoms with Crippen LogP contribution in [0.2, 0.25) is 5.02 Å². The first kappa shape index (κ1) is 31.9. The Labute approximate surface area is 236 Å². The van der Waals surface area contributed by atoms with Gasteiger partial charge in [-0.15, -0.1) is 0 Å². The predicted octanol–water partition coefficient (Wildman–Crippen LogP) is 5.54. The number of carbonyl (C=O) groups is 3. The molecule has 0 aromatic heterocycles. The molecule has 0 saturated carbocycles. The second-order valence-electron chi connectivity index (χ2n) is 9.50. The molecule has 0 saturated heterocycles. The summed E-state index contributed by atoms with van der Waals surface area (Å²) in [4.78, 5) is 43.0. The fraction of sp³-hybridized carbons (Fsp3) is 0.407. The molecular formula is C27H27ClF6N4O3. The lowest BCUT2D eigenvalue weighted by Crippen LogP contribution is -2.48. The molecule has 1 heterocycles. The summed E-state index contributed by atoms with van der Waals surface area (Å²) in [6.45, 7) is 1.85. The Balaban J connectivity index is 2.04. The number of primary amides is 1. The molecule has 0 aliphatic carbocycles. The van der Waals surface area contributed by atoms with Gasteiger partial charge in [0.15, 0.2) is 0 Å². The van der Waals surface area contributed by atoms with Crippen molar-refractivity contribution in [1.82, 2.24) is 5.32 Å². The van der Waals surface area contributed by atoms with Crippen molar-refractivity contribution in [3.63, 3.8) is 0 Å². The lowest BCUT2D eigenvalue weighted by molar-refractivity contribution is -0.152. The van der Waals surface area contributed by atoms with E-state index >= 15 is 0 Å². The van der Waals surface area contributed by atoms with Crippen molar-refractivity contribution >= 4 is 40.7 Å². The van der Waals surface area contributed by atoms with Crippen LogP contribution in [0, 0.1) is 11.8 Å². The topological polar surface area (TPSA) is 114 Å². The summed E-state index contributed by atoms with van der Waals surface area (Å²) in [5.41, 5.74) is 7.51. The number of halogens is 7. The third-order valence-electron chi connectivity index (χ3n) is 6.58. The second-order valence-corrected chi connectivity index (χ2v) is 9.94. The zero-order chi connectivity index (χ0) is 30.5. The number of hydrogen-bond donors (Lipinski definition) is 3. The number of anilines is 1. The summed E-state index contributed by atoms with van der Waals surface area (Å²) in [6.07, 6.45) is -15.9. The van der Waals surface area contributed by atoms with Crippen molar-refractivity contribution in [2.45, 2.75) is 57.5 Å². The molecule has 2 aromatic rings. The molecule has 3 rings (SSSR count). The number of fused-ring (bicyclic) bond motifs is 1. The Morgan fingerprint density at radius 3 is 2.20 bits per heavy atom. The van der Waals surface area contributed by atoms with Crippen LogP contribution in [0.5, 0.6) is 0 Å². The average Bonchev–Trinajstić information content (AvgIpc) is 3.00. The average molecular weight is 605 g/mol. The van der Waals surface area contributed by atoms with Gasteiger partial charge in [-0.2, -0.15) is 26.3 Å². The summed E-state index contributed by atoms with van der Waals surface area (Å²) in [6, 6.07) is 11.6.